The molecule has 3 unspecified atom stereocenters. The Morgan fingerprint density at radius 2 is 1.95 bits per heavy atom. The lowest BCUT2D eigenvalue weighted by Gasteiger charge is -2.48. The molecule has 0 aliphatic carbocycles. The molecular weight excluding hydrogens is 268 g/mol. The molecule has 0 aromatic rings. The summed E-state index contributed by atoms with van der Waals surface area (Å²) >= 11 is 0. The predicted octanol–water partition coefficient (Wildman–Crippen LogP) is 1.71. The third-order valence-corrected chi connectivity index (χ3v) is 5.22. The maximum absolute atomic E-state index is 13.0. The molecule has 2 aliphatic heterocycles. The fourth-order valence-electron chi connectivity index (χ4n) is 3.48. The third kappa shape index (κ3) is 2.93. The number of nitrogens with zero attached hydrogens (tertiary/aromatic N) is 1. The van der Waals surface area contributed by atoms with E-state index < -0.39 is 5.54 Å². The molecule has 120 valence electrons. The lowest BCUT2D eigenvalue weighted by atomic mass is 9.85. The van der Waals surface area contributed by atoms with E-state index in [9.17, 15) is 9.59 Å². The molecule has 5 nitrogen and oxygen atoms in total. The number of carbonyl (C=O) groups excluding carboxylic acids is 2. The third-order valence-electron chi connectivity index (χ3n) is 5.22. The van der Waals surface area contributed by atoms with Gasteiger partial charge < -0.3 is 15.0 Å². The van der Waals surface area contributed by atoms with E-state index in [-0.39, 0.29) is 23.9 Å². The molecule has 1 N–H and O–H groups in total. The average Bonchev–Trinajstić information content (AvgIpc) is 2.50. The maximum Gasteiger partial charge on any atom is 0.248 e. The SMILES string of the molecule is CCC1C(=O)NC(C)(CC)C(=O)N1C(C)C1CCOCC1. The van der Waals surface area contributed by atoms with Crippen LogP contribution in [0.5, 0.6) is 0 Å². The zero-order valence-electron chi connectivity index (χ0n) is 13.6. The summed E-state index contributed by atoms with van der Waals surface area (Å²) in [7, 11) is 0. The van der Waals surface area contributed by atoms with E-state index in [4.69, 9.17) is 4.74 Å². The number of nitrogens with one attached hydrogen (secondary N) is 1. The summed E-state index contributed by atoms with van der Waals surface area (Å²) in [6, 6.07) is -0.252. The van der Waals surface area contributed by atoms with Crippen molar-refractivity contribution in [3.8, 4) is 0 Å². The number of amides is 2. The Balaban J connectivity index is 2.26. The van der Waals surface area contributed by atoms with Gasteiger partial charge in [0, 0.05) is 19.3 Å². The van der Waals surface area contributed by atoms with E-state index >= 15 is 0 Å². The van der Waals surface area contributed by atoms with E-state index in [0.717, 1.165) is 26.1 Å². The van der Waals surface area contributed by atoms with Crippen LogP contribution in [-0.2, 0) is 14.3 Å². The molecule has 0 radical (unpaired) electrons. The van der Waals surface area contributed by atoms with E-state index in [1.807, 2.05) is 25.7 Å². The minimum Gasteiger partial charge on any atom is -0.381 e. The summed E-state index contributed by atoms with van der Waals surface area (Å²) < 4.78 is 5.42. The van der Waals surface area contributed by atoms with Crippen molar-refractivity contribution in [1.29, 1.82) is 0 Å². The van der Waals surface area contributed by atoms with Crippen LogP contribution in [0.2, 0.25) is 0 Å². The molecule has 2 rings (SSSR count). The summed E-state index contributed by atoms with van der Waals surface area (Å²) in [6.45, 7) is 9.35. The Labute approximate surface area is 127 Å². The van der Waals surface area contributed by atoms with Crippen LogP contribution in [0.3, 0.4) is 0 Å². The van der Waals surface area contributed by atoms with E-state index in [1.165, 1.54) is 0 Å². The molecule has 3 atom stereocenters. The minimum atomic E-state index is -0.762. The highest BCUT2D eigenvalue weighted by Crippen LogP contribution is 2.30. The molecule has 0 bridgehead atoms. The van der Waals surface area contributed by atoms with Gasteiger partial charge in [0.25, 0.3) is 0 Å². The van der Waals surface area contributed by atoms with Gasteiger partial charge in [-0.15, -0.1) is 0 Å². The van der Waals surface area contributed by atoms with Crippen molar-refractivity contribution in [1.82, 2.24) is 10.2 Å². The quantitative estimate of drug-likeness (QED) is 0.859. The van der Waals surface area contributed by atoms with Crippen LogP contribution in [0.4, 0.5) is 0 Å². The Kier molecular flexibility index (Phi) is 4.91. The lowest BCUT2D eigenvalue weighted by molar-refractivity contribution is -0.159. The van der Waals surface area contributed by atoms with Gasteiger partial charge in [-0.2, -0.15) is 0 Å². The van der Waals surface area contributed by atoms with Crippen molar-refractivity contribution in [3.63, 3.8) is 0 Å². The smallest absolute Gasteiger partial charge is 0.248 e. The Morgan fingerprint density at radius 3 is 2.48 bits per heavy atom. The fraction of sp³-hybridized carbons (Fsp3) is 0.875. The van der Waals surface area contributed by atoms with Crippen molar-refractivity contribution < 1.29 is 14.3 Å². The van der Waals surface area contributed by atoms with Crippen LogP contribution in [-0.4, -0.2) is 47.6 Å². The van der Waals surface area contributed by atoms with Crippen molar-refractivity contribution in [2.45, 2.75) is 71.0 Å². The Bertz CT molecular complexity index is 406. The summed E-state index contributed by atoms with van der Waals surface area (Å²) in [5, 5.41) is 2.93. The molecule has 2 aliphatic rings. The number of hydrogen-bond donors (Lipinski definition) is 1. The topological polar surface area (TPSA) is 58.6 Å². The molecule has 0 aromatic heterocycles. The molecule has 2 amide bonds. The van der Waals surface area contributed by atoms with E-state index in [2.05, 4.69) is 12.2 Å². The number of ether oxygens (including phenoxy) is 1. The maximum atomic E-state index is 13.0. The van der Waals surface area contributed by atoms with Crippen LogP contribution < -0.4 is 5.32 Å². The predicted molar refractivity (Wildman–Crippen MR) is 80.8 cm³/mol. The molecule has 0 saturated carbocycles. The second-order valence-electron chi connectivity index (χ2n) is 6.50. The number of piperazine rings is 1. The van der Waals surface area contributed by atoms with Crippen LogP contribution in [0.15, 0.2) is 0 Å². The molecule has 2 fully saturated rings. The first-order chi connectivity index (χ1) is 9.94. The molecule has 5 heteroatoms. The normalized spacial score (nSPS) is 33.0. The van der Waals surface area contributed by atoms with Gasteiger partial charge >= 0.3 is 0 Å². The highest BCUT2D eigenvalue weighted by molar-refractivity contribution is 5.99. The summed E-state index contributed by atoms with van der Waals surface area (Å²) in [5.41, 5.74) is -0.762. The van der Waals surface area contributed by atoms with Gasteiger partial charge in [0.05, 0.1) is 0 Å². The summed E-state index contributed by atoms with van der Waals surface area (Å²) in [5.74, 6) is 0.472. The van der Waals surface area contributed by atoms with Gasteiger partial charge in [-0.05, 0) is 45.4 Å². The molecule has 0 aromatic carbocycles. The Morgan fingerprint density at radius 1 is 1.33 bits per heavy atom. The summed E-state index contributed by atoms with van der Waals surface area (Å²) in [4.78, 5) is 27.2. The molecule has 0 spiro atoms. The van der Waals surface area contributed by atoms with Crippen molar-refractivity contribution in [3.05, 3.63) is 0 Å². The van der Waals surface area contributed by atoms with Crippen LogP contribution in [0.25, 0.3) is 0 Å². The number of carbonyl (C=O) groups is 2. The van der Waals surface area contributed by atoms with Gasteiger partial charge in [-0.3, -0.25) is 9.59 Å². The first-order valence-corrected chi connectivity index (χ1v) is 8.17. The zero-order valence-corrected chi connectivity index (χ0v) is 13.6. The van der Waals surface area contributed by atoms with Crippen LogP contribution in [0, 0.1) is 5.92 Å². The van der Waals surface area contributed by atoms with Crippen LogP contribution in [0.1, 0.15) is 53.4 Å². The van der Waals surface area contributed by atoms with Gasteiger partial charge in [-0.1, -0.05) is 13.8 Å². The second-order valence-corrected chi connectivity index (χ2v) is 6.50. The molecular formula is C16H28N2O3. The van der Waals surface area contributed by atoms with Crippen molar-refractivity contribution in [2.24, 2.45) is 5.92 Å². The lowest BCUT2D eigenvalue weighted by Crippen LogP contribution is -2.71. The van der Waals surface area contributed by atoms with Crippen molar-refractivity contribution >= 4 is 11.8 Å². The highest BCUT2D eigenvalue weighted by Gasteiger charge is 2.48. The second kappa shape index (κ2) is 6.34. The van der Waals surface area contributed by atoms with Crippen molar-refractivity contribution in [2.75, 3.05) is 13.2 Å². The zero-order chi connectivity index (χ0) is 15.6. The van der Waals surface area contributed by atoms with Gasteiger partial charge in [0.2, 0.25) is 11.8 Å². The number of rotatable bonds is 4. The summed E-state index contributed by atoms with van der Waals surface area (Å²) in [6.07, 6.45) is 3.20. The molecule has 21 heavy (non-hydrogen) atoms. The minimum absolute atomic E-state index is 0.0136. The first-order valence-electron chi connectivity index (χ1n) is 8.17. The monoisotopic (exact) mass is 296 g/mol. The highest BCUT2D eigenvalue weighted by atomic mass is 16.5. The molecule has 2 heterocycles. The Hall–Kier alpha value is -1.10. The average molecular weight is 296 g/mol. The number of hydrogen-bond acceptors (Lipinski definition) is 3. The van der Waals surface area contributed by atoms with Gasteiger partial charge in [-0.25, -0.2) is 0 Å². The largest absolute Gasteiger partial charge is 0.381 e. The molecule has 2 saturated heterocycles. The van der Waals surface area contributed by atoms with Crippen LogP contribution >= 0.6 is 0 Å². The van der Waals surface area contributed by atoms with E-state index in [0.29, 0.717) is 18.8 Å². The fourth-order valence-corrected chi connectivity index (χ4v) is 3.48. The first kappa shape index (κ1) is 16.3. The standard InChI is InChI=1S/C16H28N2O3/c1-5-13-14(19)17-16(4,6-2)15(20)18(13)11(3)12-7-9-21-10-8-12/h11-13H,5-10H2,1-4H3,(H,17,19). The van der Waals surface area contributed by atoms with Gasteiger partial charge in [0.1, 0.15) is 11.6 Å². The van der Waals surface area contributed by atoms with E-state index in [1.54, 1.807) is 0 Å². The van der Waals surface area contributed by atoms with Gasteiger partial charge in [0.15, 0.2) is 0 Å².